The fourth-order valence-corrected chi connectivity index (χ4v) is 3.74. The molecule has 0 bridgehead atoms. The van der Waals surface area contributed by atoms with Crippen LogP contribution >= 0.6 is 0 Å². The molecule has 1 aliphatic carbocycles. The Hall–Kier alpha value is -3.45. The van der Waals surface area contributed by atoms with Crippen molar-refractivity contribution in [2.75, 3.05) is 10.6 Å². The highest BCUT2D eigenvalue weighted by Crippen LogP contribution is 2.25. The average molecular weight is 403 g/mol. The van der Waals surface area contributed by atoms with E-state index in [0.29, 0.717) is 11.8 Å². The number of rotatable bonds is 6. The number of benzene rings is 2. The van der Waals surface area contributed by atoms with Gasteiger partial charge >= 0.3 is 0 Å². The molecule has 30 heavy (non-hydrogen) atoms. The van der Waals surface area contributed by atoms with Gasteiger partial charge in [0, 0.05) is 24.0 Å². The zero-order chi connectivity index (χ0) is 20.9. The van der Waals surface area contributed by atoms with E-state index in [0.717, 1.165) is 42.5 Å². The van der Waals surface area contributed by atoms with Crippen LogP contribution in [0, 0.1) is 0 Å². The molecule has 0 spiro atoms. The Morgan fingerprint density at radius 1 is 0.967 bits per heavy atom. The number of nitrogens with one attached hydrogen (secondary N) is 2. The molecule has 3 aromatic rings. The maximum Gasteiger partial charge on any atom is 0.254 e. The van der Waals surface area contributed by atoms with Crippen molar-refractivity contribution in [3.63, 3.8) is 0 Å². The van der Waals surface area contributed by atoms with E-state index in [4.69, 9.17) is 11.5 Å². The smallest absolute Gasteiger partial charge is 0.254 e. The van der Waals surface area contributed by atoms with Gasteiger partial charge < -0.3 is 22.1 Å². The molecule has 0 aliphatic heterocycles. The molecule has 1 unspecified atom stereocenters. The first kappa shape index (κ1) is 19.8. The molecular weight excluding hydrogens is 376 g/mol. The number of hydrogen-bond acceptors (Lipinski definition) is 6. The van der Waals surface area contributed by atoms with Crippen LogP contribution in [-0.2, 0) is 0 Å². The maximum atomic E-state index is 11.9. The van der Waals surface area contributed by atoms with Crippen LogP contribution in [-0.4, -0.2) is 28.0 Å². The second-order valence-electron chi connectivity index (χ2n) is 7.59. The molecule has 6 N–H and O–H groups in total. The molecule has 1 aromatic heterocycles. The van der Waals surface area contributed by atoms with E-state index in [1.54, 1.807) is 0 Å². The third kappa shape index (κ3) is 4.58. The van der Waals surface area contributed by atoms with Crippen LogP contribution in [0.3, 0.4) is 0 Å². The lowest BCUT2D eigenvalue weighted by molar-refractivity contribution is 0.100. The topological polar surface area (TPSA) is 119 Å². The first-order chi connectivity index (χ1) is 14.6. The molecule has 7 heteroatoms. The van der Waals surface area contributed by atoms with Gasteiger partial charge in [0.25, 0.3) is 5.91 Å². The van der Waals surface area contributed by atoms with Gasteiger partial charge in [-0.15, -0.1) is 0 Å². The Labute approximate surface area is 175 Å². The number of carbonyl (C=O) groups is 1. The van der Waals surface area contributed by atoms with Crippen molar-refractivity contribution in [1.82, 2.24) is 9.97 Å². The monoisotopic (exact) mass is 402 g/mol. The SMILES string of the molecule is NC(=O)c1cnc(N[C@@H]2CCCCC2N)nc1Nc1ccc(-c2ccccc2)cc1. The van der Waals surface area contributed by atoms with Gasteiger partial charge in [-0.1, -0.05) is 55.3 Å². The number of anilines is 3. The minimum Gasteiger partial charge on any atom is -0.365 e. The van der Waals surface area contributed by atoms with Crippen molar-refractivity contribution in [2.24, 2.45) is 11.5 Å². The van der Waals surface area contributed by atoms with Crippen LogP contribution in [0.2, 0.25) is 0 Å². The lowest BCUT2D eigenvalue weighted by Crippen LogP contribution is -2.43. The standard InChI is InChI=1S/C23H26N6O/c24-19-8-4-5-9-20(19)28-23-26-14-18(21(25)30)22(29-23)27-17-12-10-16(11-13-17)15-6-2-1-3-7-15/h1-3,6-7,10-14,19-20H,4-5,8-9,24H2,(H2,25,30)(H2,26,27,28,29)/t19?,20-/m1/s1. The van der Waals surface area contributed by atoms with Crippen LogP contribution < -0.4 is 22.1 Å². The number of amides is 1. The Morgan fingerprint density at radius 2 is 1.67 bits per heavy atom. The average Bonchev–Trinajstić information content (AvgIpc) is 2.76. The Balaban J connectivity index is 1.55. The van der Waals surface area contributed by atoms with Gasteiger partial charge in [-0.2, -0.15) is 4.98 Å². The highest BCUT2D eigenvalue weighted by molar-refractivity contribution is 5.98. The van der Waals surface area contributed by atoms with Gasteiger partial charge in [-0.3, -0.25) is 4.79 Å². The molecule has 2 aromatic carbocycles. The summed E-state index contributed by atoms with van der Waals surface area (Å²) >= 11 is 0. The van der Waals surface area contributed by atoms with Crippen molar-refractivity contribution < 1.29 is 4.79 Å². The predicted molar refractivity (Wildman–Crippen MR) is 120 cm³/mol. The molecule has 2 atom stereocenters. The molecule has 1 fully saturated rings. The molecule has 1 amide bonds. The second kappa shape index (κ2) is 8.92. The van der Waals surface area contributed by atoms with Crippen molar-refractivity contribution in [3.8, 4) is 11.1 Å². The number of hydrogen-bond donors (Lipinski definition) is 4. The first-order valence-electron chi connectivity index (χ1n) is 10.2. The summed E-state index contributed by atoms with van der Waals surface area (Å²) in [4.78, 5) is 20.6. The first-order valence-corrected chi connectivity index (χ1v) is 10.2. The Bertz CT molecular complexity index is 1010. The van der Waals surface area contributed by atoms with E-state index >= 15 is 0 Å². The highest BCUT2D eigenvalue weighted by atomic mass is 16.1. The summed E-state index contributed by atoms with van der Waals surface area (Å²) in [5.74, 6) is 0.224. The summed E-state index contributed by atoms with van der Waals surface area (Å²) in [6, 6.07) is 18.2. The van der Waals surface area contributed by atoms with Crippen LogP contribution in [0.15, 0.2) is 60.8 Å². The van der Waals surface area contributed by atoms with E-state index in [-0.39, 0.29) is 17.6 Å². The van der Waals surface area contributed by atoms with Gasteiger partial charge in [-0.05, 0) is 36.1 Å². The van der Waals surface area contributed by atoms with Crippen LogP contribution in [0.5, 0.6) is 0 Å². The summed E-state index contributed by atoms with van der Waals surface area (Å²) in [5.41, 5.74) is 15.0. The normalized spacial score (nSPS) is 18.6. The van der Waals surface area contributed by atoms with Crippen LogP contribution in [0.1, 0.15) is 36.0 Å². The van der Waals surface area contributed by atoms with Crippen molar-refractivity contribution in [3.05, 3.63) is 66.4 Å². The number of primary amides is 1. The minimum absolute atomic E-state index is 0.0695. The molecule has 154 valence electrons. The molecule has 1 heterocycles. The zero-order valence-corrected chi connectivity index (χ0v) is 16.7. The molecule has 1 saturated carbocycles. The Kier molecular flexibility index (Phi) is 5.90. The third-order valence-electron chi connectivity index (χ3n) is 5.44. The number of nitrogens with zero attached hydrogens (tertiary/aromatic N) is 2. The quantitative estimate of drug-likeness (QED) is 0.499. The van der Waals surface area contributed by atoms with E-state index in [1.165, 1.54) is 6.20 Å². The summed E-state index contributed by atoms with van der Waals surface area (Å²) in [7, 11) is 0. The molecule has 0 radical (unpaired) electrons. The van der Waals surface area contributed by atoms with Crippen molar-refractivity contribution >= 4 is 23.4 Å². The van der Waals surface area contributed by atoms with Gasteiger partial charge in [0.2, 0.25) is 5.95 Å². The summed E-state index contributed by atoms with van der Waals surface area (Å²) < 4.78 is 0. The van der Waals surface area contributed by atoms with Gasteiger partial charge in [-0.25, -0.2) is 4.98 Å². The van der Waals surface area contributed by atoms with E-state index in [1.807, 2.05) is 42.5 Å². The Morgan fingerprint density at radius 3 is 2.37 bits per heavy atom. The third-order valence-corrected chi connectivity index (χ3v) is 5.44. The summed E-state index contributed by atoms with van der Waals surface area (Å²) in [6.45, 7) is 0. The predicted octanol–water partition coefficient (Wildman–Crippen LogP) is 3.67. The van der Waals surface area contributed by atoms with Gasteiger partial charge in [0.1, 0.15) is 11.4 Å². The number of carbonyl (C=O) groups excluding carboxylic acids is 1. The van der Waals surface area contributed by atoms with Gasteiger partial charge in [0.05, 0.1) is 0 Å². The van der Waals surface area contributed by atoms with Crippen LogP contribution in [0.4, 0.5) is 17.5 Å². The molecule has 0 saturated heterocycles. The van der Waals surface area contributed by atoms with Crippen molar-refractivity contribution in [1.29, 1.82) is 0 Å². The van der Waals surface area contributed by atoms with Gasteiger partial charge in [0.15, 0.2) is 0 Å². The summed E-state index contributed by atoms with van der Waals surface area (Å²) in [6.07, 6.45) is 5.69. The minimum atomic E-state index is -0.584. The highest BCUT2D eigenvalue weighted by Gasteiger charge is 2.23. The molecule has 7 nitrogen and oxygen atoms in total. The molecule has 4 rings (SSSR count). The largest absolute Gasteiger partial charge is 0.365 e. The maximum absolute atomic E-state index is 11.9. The molecule has 1 aliphatic rings. The zero-order valence-electron chi connectivity index (χ0n) is 16.7. The summed E-state index contributed by atoms with van der Waals surface area (Å²) in [5, 5.41) is 6.51. The number of nitrogens with two attached hydrogens (primary N) is 2. The van der Waals surface area contributed by atoms with E-state index in [2.05, 4.69) is 32.7 Å². The van der Waals surface area contributed by atoms with Crippen molar-refractivity contribution in [2.45, 2.75) is 37.8 Å². The fraction of sp³-hybridized carbons (Fsp3) is 0.261. The van der Waals surface area contributed by atoms with E-state index in [9.17, 15) is 4.79 Å². The lowest BCUT2D eigenvalue weighted by Gasteiger charge is -2.29. The lowest BCUT2D eigenvalue weighted by atomic mass is 9.91. The van der Waals surface area contributed by atoms with E-state index < -0.39 is 5.91 Å². The molecular formula is C23H26N6O. The fourth-order valence-electron chi connectivity index (χ4n) is 3.74. The van der Waals surface area contributed by atoms with Crippen LogP contribution in [0.25, 0.3) is 11.1 Å². The second-order valence-corrected chi connectivity index (χ2v) is 7.59. The number of aromatic nitrogens is 2.